The summed E-state index contributed by atoms with van der Waals surface area (Å²) in [5.74, 6) is 0.762. The number of carbonyl (C=O) groups excluding carboxylic acids is 1. The third kappa shape index (κ3) is 3.33. The minimum atomic E-state index is -0.118. The average molecular weight is 351 g/mol. The lowest BCUT2D eigenvalue weighted by Crippen LogP contribution is -2.41. The van der Waals surface area contributed by atoms with E-state index in [1.165, 1.54) is 0 Å². The van der Waals surface area contributed by atoms with Gasteiger partial charge in [0.1, 0.15) is 11.5 Å². The van der Waals surface area contributed by atoms with Gasteiger partial charge >= 0.3 is 6.03 Å². The molecule has 134 valence electrons. The number of nitrogens with zero attached hydrogens (tertiary/aromatic N) is 4. The number of likely N-dealkylation sites (tertiary alicyclic amines) is 1. The highest BCUT2D eigenvalue weighted by Gasteiger charge is 2.30. The van der Waals surface area contributed by atoms with Crippen molar-refractivity contribution in [3.63, 3.8) is 0 Å². The molecular weight excluding hydrogens is 330 g/mol. The van der Waals surface area contributed by atoms with E-state index in [2.05, 4.69) is 15.6 Å². The van der Waals surface area contributed by atoms with Crippen molar-refractivity contribution in [3.05, 3.63) is 60.2 Å². The van der Waals surface area contributed by atoms with Crippen molar-refractivity contribution in [1.29, 1.82) is 0 Å². The van der Waals surface area contributed by atoms with Crippen LogP contribution in [0.1, 0.15) is 36.8 Å². The zero-order chi connectivity index (χ0) is 17.9. The molecule has 0 radical (unpaired) electrons. The average Bonchev–Trinajstić information content (AvgIpc) is 3.34. The van der Waals surface area contributed by atoms with Crippen LogP contribution in [0, 0.1) is 6.92 Å². The van der Waals surface area contributed by atoms with E-state index in [0.29, 0.717) is 6.54 Å². The summed E-state index contributed by atoms with van der Waals surface area (Å²) in [5.41, 5.74) is 2.46. The Labute approximate surface area is 151 Å². The molecule has 7 nitrogen and oxygen atoms in total. The minimum Gasteiger partial charge on any atom is -0.361 e. The smallest absolute Gasteiger partial charge is 0.322 e. The molecule has 1 aromatic carbocycles. The molecule has 1 aliphatic heterocycles. The number of aryl methyl sites for hydroxylation is 1. The molecule has 4 rings (SSSR count). The van der Waals surface area contributed by atoms with Crippen LogP contribution in [0.25, 0.3) is 5.69 Å². The summed E-state index contributed by atoms with van der Waals surface area (Å²) >= 11 is 0. The number of nitrogens with one attached hydrogen (secondary N) is 1. The maximum atomic E-state index is 12.9. The maximum absolute atomic E-state index is 12.9. The van der Waals surface area contributed by atoms with Gasteiger partial charge < -0.3 is 14.7 Å². The molecule has 7 heteroatoms. The molecule has 1 atom stereocenters. The quantitative estimate of drug-likeness (QED) is 0.776. The number of hydrogen-bond donors (Lipinski definition) is 1. The lowest BCUT2D eigenvalue weighted by molar-refractivity contribution is 0.159. The molecule has 1 aliphatic rings. The van der Waals surface area contributed by atoms with E-state index >= 15 is 0 Å². The molecule has 1 unspecified atom stereocenters. The first-order valence-electron chi connectivity index (χ1n) is 8.81. The highest BCUT2D eigenvalue weighted by molar-refractivity contribution is 5.90. The lowest BCUT2D eigenvalue weighted by atomic mass is 9.99. The normalized spacial score (nSPS) is 17.3. The Kier molecular flexibility index (Phi) is 4.43. The van der Waals surface area contributed by atoms with E-state index in [-0.39, 0.29) is 12.1 Å². The second-order valence-electron chi connectivity index (χ2n) is 6.50. The first-order valence-corrected chi connectivity index (χ1v) is 8.81. The Morgan fingerprint density at radius 2 is 2.19 bits per heavy atom. The van der Waals surface area contributed by atoms with E-state index < -0.39 is 0 Å². The highest BCUT2D eigenvalue weighted by atomic mass is 16.5. The number of urea groups is 1. The number of hydrogen-bond acceptors (Lipinski definition) is 4. The second kappa shape index (κ2) is 7.03. The van der Waals surface area contributed by atoms with Gasteiger partial charge in [0.15, 0.2) is 0 Å². The molecule has 1 saturated heterocycles. The second-order valence-corrected chi connectivity index (χ2v) is 6.50. The van der Waals surface area contributed by atoms with Crippen LogP contribution in [0.3, 0.4) is 0 Å². The summed E-state index contributed by atoms with van der Waals surface area (Å²) in [6.07, 6.45) is 6.56. The van der Waals surface area contributed by atoms with Gasteiger partial charge in [0.25, 0.3) is 0 Å². The summed E-state index contributed by atoms with van der Waals surface area (Å²) in [4.78, 5) is 14.7. The van der Waals surface area contributed by atoms with Crippen LogP contribution in [0.4, 0.5) is 10.5 Å². The van der Waals surface area contributed by atoms with Gasteiger partial charge in [-0.05, 0) is 50.5 Å². The molecular formula is C19H21N5O2. The number of piperidine rings is 1. The summed E-state index contributed by atoms with van der Waals surface area (Å²) in [7, 11) is 0. The summed E-state index contributed by atoms with van der Waals surface area (Å²) in [6.45, 7) is 2.58. The van der Waals surface area contributed by atoms with Crippen molar-refractivity contribution in [2.24, 2.45) is 0 Å². The largest absolute Gasteiger partial charge is 0.361 e. The van der Waals surface area contributed by atoms with Crippen molar-refractivity contribution < 1.29 is 9.32 Å². The highest BCUT2D eigenvalue weighted by Crippen LogP contribution is 2.31. The van der Waals surface area contributed by atoms with Crippen molar-refractivity contribution in [2.45, 2.75) is 32.2 Å². The van der Waals surface area contributed by atoms with Crippen LogP contribution in [-0.2, 0) is 0 Å². The predicted octanol–water partition coefficient (Wildman–Crippen LogP) is 3.93. The van der Waals surface area contributed by atoms with Crippen LogP contribution in [0.15, 0.2) is 53.3 Å². The van der Waals surface area contributed by atoms with E-state index in [0.717, 1.165) is 42.1 Å². The van der Waals surface area contributed by atoms with Gasteiger partial charge in [-0.25, -0.2) is 9.48 Å². The number of anilines is 1. The Morgan fingerprint density at radius 3 is 2.96 bits per heavy atom. The Hall–Kier alpha value is -3.09. The molecule has 3 aromatic rings. The molecule has 1 N–H and O–H groups in total. The van der Waals surface area contributed by atoms with Gasteiger partial charge in [0.05, 0.1) is 11.7 Å². The molecule has 0 spiro atoms. The van der Waals surface area contributed by atoms with Crippen LogP contribution in [0.2, 0.25) is 0 Å². The molecule has 3 heterocycles. The van der Waals surface area contributed by atoms with Gasteiger partial charge in [0.2, 0.25) is 0 Å². The summed E-state index contributed by atoms with van der Waals surface area (Å²) in [5, 5.41) is 11.4. The summed E-state index contributed by atoms with van der Waals surface area (Å²) < 4.78 is 6.96. The minimum absolute atomic E-state index is 0.0458. The number of aromatic nitrogens is 3. The van der Waals surface area contributed by atoms with E-state index in [4.69, 9.17) is 4.52 Å². The van der Waals surface area contributed by atoms with Gasteiger partial charge in [-0.3, -0.25) is 0 Å². The van der Waals surface area contributed by atoms with Crippen molar-refractivity contribution in [1.82, 2.24) is 19.8 Å². The Balaban J connectivity index is 1.52. The molecule has 2 aromatic heterocycles. The summed E-state index contributed by atoms with van der Waals surface area (Å²) in [6, 6.07) is 11.3. The van der Waals surface area contributed by atoms with Gasteiger partial charge in [-0.1, -0.05) is 11.2 Å². The fourth-order valence-electron chi connectivity index (χ4n) is 3.37. The van der Waals surface area contributed by atoms with Crippen molar-refractivity contribution >= 4 is 11.7 Å². The SMILES string of the molecule is Cc1cc(C2CCCCN2C(=O)Nc2cccc(-n3cccn3)c2)no1. The first-order chi connectivity index (χ1) is 12.7. The van der Waals surface area contributed by atoms with E-state index in [1.54, 1.807) is 10.9 Å². The van der Waals surface area contributed by atoms with Gasteiger partial charge in [-0.15, -0.1) is 0 Å². The van der Waals surface area contributed by atoms with E-state index in [1.807, 2.05) is 54.4 Å². The standard InChI is InChI=1S/C19H21N5O2/c1-14-12-17(22-26-14)18-8-2-3-10-23(18)19(25)21-15-6-4-7-16(13-15)24-11-5-9-20-24/h4-7,9,11-13,18H,2-3,8,10H2,1H3,(H,21,25). The fourth-order valence-corrected chi connectivity index (χ4v) is 3.37. The lowest BCUT2D eigenvalue weighted by Gasteiger charge is -2.34. The molecule has 0 aliphatic carbocycles. The van der Waals surface area contributed by atoms with Crippen molar-refractivity contribution in [3.8, 4) is 5.69 Å². The molecule has 26 heavy (non-hydrogen) atoms. The maximum Gasteiger partial charge on any atom is 0.322 e. The van der Waals surface area contributed by atoms with Crippen LogP contribution in [0.5, 0.6) is 0 Å². The van der Waals surface area contributed by atoms with Crippen LogP contribution >= 0.6 is 0 Å². The fraction of sp³-hybridized carbons (Fsp3) is 0.316. The topological polar surface area (TPSA) is 76.2 Å². The number of rotatable bonds is 3. The molecule has 0 saturated carbocycles. The number of amides is 2. The monoisotopic (exact) mass is 351 g/mol. The van der Waals surface area contributed by atoms with Crippen LogP contribution < -0.4 is 5.32 Å². The zero-order valence-corrected chi connectivity index (χ0v) is 14.6. The number of carbonyl (C=O) groups is 1. The molecule has 0 bridgehead atoms. The Bertz CT molecular complexity index is 887. The van der Waals surface area contributed by atoms with E-state index in [9.17, 15) is 4.79 Å². The van der Waals surface area contributed by atoms with Gasteiger partial charge in [0, 0.05) is 30.7 Å². The molecule has 1 fully saturated rings. The van der Waals surface area contributed by atoms with Crippen molar-refractivity contribution in [2.75, 3.05) is 11.9 Å². The third-order valence-electron chi connectivity index (χ3n) is 4.62. The Morgan fingerprint density at radius 1 is 1.27 bits per heavy atom. The van der Waals surface area contributed by atoms with Gasteiger partial charge in [-0.2, -0.15) is 5.10 Å². The number of benzene rings is 1. The zero-order valence-electron chi connectivity index (χ0n) is 14.6. The first kappa shape index (κ1) is 16.4. The third-order valence-corrected chi connectivity index (χ3v) is 4.62. The molecule has 2 amide bonds. The predicted molar refractivity (Wildman–Crippen MR) is 97.1 cm³/mol. The van der Waals surface area contributed by atoms with Crippen LogP contribution in [-0.4, -0.2) is 32.4 Å².